The Balaban J connectivity index is 2.55. The molecule has 0 saturated carbocycles. The lowest BCUT2D eigenvalue weighted by Gasteiger charge is -2.24. The van der Waals surface area contributed by atoms with Gasteiger partial charge in [0.1, 0.15) is 5.71 Å². The van der Waals surface area contributed by atoms with Gasteiger partial charge >= 0.3 is 12.1 Å². The lowest BCUT2D eigenvalue weighted by atomic mass is 9.92. The molecule has 2 rings (SSSR count). The van der Waals surface area contributed by atoms with Gasteiger partial charge in [-0.15, -0.1) is 0 Å². The van der Waals surface area contributed by atoms with Gasteiger partial charge in [0.05, 0.1) is 5.02 Å². The highest BCUT2D eigenvalue weighted by Crippen LogP contribution is 2.38. The molecule has 0 aromatic carbocycles. The molecular weight excluding hydrogens is 327 g/mol. The van der Waals surface area contributed by atoms with E-state index in [1.165, 1.54) is 25.3 Å². The quantitative estimate of drug-likeness (QED) is 0.678. The standard InChI is InChI=1S/C12H11ClF3N3O3/c1-2-6-8(11(20)22-21)19(18-9(6)12(14,15)16)10-7(13)4-3-5-17-10/h3-6,8,21H,2H2,1H3. The first-order valence-corrected chi connectivity index (χ1v) is 6.59. The lowest BCUT2D eigenvalue weighted by Crippen LogP contribution is -2.43. The molecule has 0 amide bonds. The van der Waals surface area contributed by atoms with Crippen molar-refractivity contribution in [1.29, 1.82) is 0 Å². The first-order valence-electron chi connectivity index (χ1n) is 6.22. The van der Waals surface area contributed by atoms with Crippen molar-refractivity contribution < 1.29 is 28.1 Å². The maximum absolute atomic E-state index is 13.1. The van der Waals surface area contributed by atoms with Gasteiger partial charge in [-0.2, -0.15) is 23.5 Å². The van der Waals surface area contributed by atoms with E-state index in [0.29, 0.717) is 0 Å². The van der Waals surface area contributed by atoms with Gasteiger partial charge in [-0.1, -0.05) is 18.5 Å². The van der Waals surface area contributed by atoms with Crippen LogP contribution in [0.5, 0.6) is 0 Å². The minimum absolute atomic E-state index is 0.0141. The number of halogens is 4. The summed E-state index contributed by atoms with van der Waals surface area (Å²) < 4.78 is 39.3. The SMILES string of the molecule is CCC1C(C(F)(F)F)=NN(c2ncccc2Cl)C1C(=O)OO. The summed E-state index contributed by atoms with van der Waals surface area (Å²) in [5.41, 5.74) is -1.15. The number of pyridine rings is 1. The van der Waals surface area contributed by atoms with Crippen molar-refractivity contribution in [3.05, 3.63) is 23.4 Å². The summed E-state index contributed by atoms with van der Waals surface area (Å²) in [6.07, 6.45) is -3.48. The Morgan fingerprint density at radius 3 is 2.73 bits per heavy atom. The third-order valence-electron chi connectivity index (χ3n) is 3.23. The van der Waals surface area contributed by atoms with Crippen LogP contribution in [0.3, 0.4) is 0 Å². The smallest absolute Gasteiger partial charge is 0.299 e. The Labute approximate surface area is 128 Å². The van der Waals surface area contributed by atoms with Gasteiger partial charge in [0.2, 0.25) is 0 Å². The van der Waals surface area contributed by atoms with E-state index < -0.39 is 29.8 Å². The Morgan fingerprint density at radius 2 is 2.23 bits per heavy atom. The van der Waals surface area contributed by atoms with Crippen LogP contribution in [0.15, 0.2) is 23.4 Å². The van der Waals surface area contributed by atoms with Crippen molar-refractivity contribution in [2.75, 3.05) is 5.01 Å². The molecule has 22 heavy (non-hydrogen) atoms. The van der Waals surface area contributed by atoms with Crippen LogP contribution in [-0.2, 0) is 9.68 Å². The number of rotatable bonds is 3. The van der Waals surface area contributed by atoms with Crippen molar-refractivity contribution in [1.82, 2.24) is 4.98 Å². The van der Waals surface area contributed by atoms with Gasteiger partial charge in [0, 0.05) is 12.1 Å². The number of anilines is 1. The number of aromatic nitrogens is 1. The number of nitrogens with zero attached hydrogens (tertiary/aromatic N) is 3. The number of hydrazone groups is 1. The summed E-state index contributed by atoms with van der Waals surface area (Å²) in [7, 11) is 0. The van der Waals surface area contributed by atoms with Crippen molar-refractivity contribution >= 4 is 29.1 Å². The average molecular weight is 338 g/mol. The van der Waals surface area contributed by atoms with Gasteiger partial charge in [0.15, 0.2) is 11.9 Å². The highest BCUT2D eigenvalue weighted by molar-refractivity contribution is 6.33. The van der Waals surface area contributed by atoms with Crippen LogP contribution >= 0.6 is 11.6 Å². The van der Waals surface area contributed by atoms with Gasteiger partial charge in [-0.3, -0.25) is 4.89 Å². The molecule has 1 aliphatic heterocycles. The molecule has 0 spiro atoms. The predicted molar refractivity (Wildman–Crippen MR) is 71.5 cm³/mol. The zero-order chi connectivity index (χ0) is 16.5. The fraction of sp³-hybridized carbons (Fsp3) is 0.417. The third kappa shape index (κ3) is 2.86. The van der Waals surface area contributed by atoms with E-state index in [9.17, 15) is 18.0 Å². The van der Waals surface area contributed by atoms with Crippen molar-refractivity contribution in [2.24, 2.45) is 11.0 Å². The van der Waals surface area contributed by atoms with Crippen LogP contribution in [0.2, 0.25) is 5.02 Å². The first kappa shape index (κ1) is 16.5. The number of hydrogen-bond donors (Lipinski definition) is 1. The fourth-order valence-electron chi connectivity index (χ4n) is 2.30. The van der Waals surface area contributed by atoms with Crippen LogP contribution in [0.1, 0.15) is 13.3 Å². The van der Waals surface area contributed by atoms with E-state index in [2.05, 4.69) is 15.0 Å². The molecule has 0 bridgehead atoms. The van der Waals surface area contributed by atoms with Gasteiger partial charge in [-0.05, 0) is 18.6 Å². The van der Waals surface area contributed by atoms with E-state index in [1.54, 1.807) is 0 Å². The van der Waals surface area contributed by atoms with Crippen LogP contribution in [-0.4, -0.2) is 34.1 Å². The summed E-state index contributed by atoms with van der Waals surface area (Å²) in [4.78, 5) is 19.2. The molecule has 0 radical (unpaired) electrons. The molecule has 0 saturated heterocycles. The van der Waals surface area contributed by atoms with Gasteiger partial charge in [-0.25, -0.2) is 14.8 Å². The second-order valence-electron chi connectivity index (χ2n) is 4.51. The molecule has 6 nitrogen and oxygen atoms in total. The first-order chi connectivity index (χ1) is 10.3. The molecule has 1 aromatic heterocycles. The topological polar surface area (TPSA) is 75.0 Å². The van der Waals surface area contributed by atoms with Crippen LogP contribution in [0.25, 0.3) is 0 Å². The molecule has 1 aliphatic rings. The van der Waals surface area contributed by atoms with Crippen molar-refractivity contribution in [3.63, 3.8) is 0 Å². The second-order valence-corrected chi connectivity index (χ2v) is 4.91. The van der Waals surface area contributed by atoms with E-state index in [-0.39, 0.29) is 17.3 Å². The van der Waals surface area contributed by atoms with E-state index in [0.717, 1.165) is 5.01 Å². The molecule has 10 heteroatoms. The van der Waals surface area contributed by atoms with Crippen LogP contribution in [0, 0.1) is 5.92 Å². The van der Waals surface area contributed by atoms with E-state index >= 15 is 0 Å². The summed E-state index contributed by atoms with van der Waals surface area (Å²) >= 11 is 5.90. The van der Waals surface area contributed by atoms with E-state index in [1.807, 2.05) is 0 Å². The number of carbonyl (C=O) groups excluding carboxylic acids is 1. The van der Waals surface area contributed by atoms with Crippen molar-refractivity contribution in [2.45, 2.75) is 25.6 Å². The Kier molecular flexibility index (Phi) is 4.57. The molecule has 0 fully saturated rings. The minimum Gasteiger partial charge on any atom is -0.299 e. The Morgan fingerprint density at radius 1 is 1.55 bits per heavy atom. The molecular formula is C12H11ClF3N3O3. The number of carbonyl (C=O) groups is 1. The number of hydrogen-bond acceptors (Lipinski definition) is 6. The highest BCUT2D eigenvalue weighted by atomic mass is 35.5. The Bertz CT molecular complexity index is 609. The normalized spacial score (nSPS) is 21.7. The lowest BCUT2D eigenvalue weighted by molar-refractivity contribution is -0.236. The van der Waals surface area contributed by atoms with Gasteiger partial charge < -0.3 is 0 Å². The second kappa shape index (κ2) is 6.09. The largest absolute Gasteiger partial charge is 0.431 e. The number of alkyl halides is 3. The van der Waals surface area contributed by atoms with Crippen LogP contribution in [0.4, 0.5) is 19.0 Å². The van der Waals surface area contributed by atoms with Gasteiger partial charge in [0.25, 0.3) is 0 Å². The van der Waals surface area contributed by atoms with Crippen molar-refractivity contribution in [3.8, 4) is 0 Å². The average Bonchev–Trinajstić information content (AvgIpc) is 2.86. The Hall–Kier alpha value is -1.87. The molecule has 1 N–H and O–H groups in total. The summed E-state index contributed by atoms with van der Waals surface area (Å²) in [5.74, 6) is -2.70. The maximum atomic E-state index is 13.1. The third-order valence-corrected chi connectivity index (χ3v) is 3.52. The van der Waals surface area contributed by atoms with Crippen LogP contribution < -0.4 is 5.01 Å². The molecule has 1 aromatic rings. The fourth-order valence-corrected chi connectivity index (χ4v) is 2.51. The molecule has 2 atom stereocenters. The molecule has 2 unspecified atom stereocenters. The summed E-state index contributed by atoms with van der Waals surface area (Å²) in [6, 6.07) is 1.37. The molecule has 2 heterocycles. The summed E-state index contributed by atoms with van der Waals surface area (Å²) in [6.45, 7) is 1.47. The zero-order valence-corrected chi connectivity index (χ0v) is 12.0. The minimum atomic E-state index is -4.73. The highest BCUT2D eigenvalue weighted by Gasteiger charge is 2.53. The molecule has 120 valence electrons. The maximum Gasteiger partial charge on any atom is 0.431 e. The zero-order valence-electron chi connectivity index (χ0n) is 11.2. The molecule has 0 aliphatic carbocycles. The van der Waals surface area contributed by atoms with E-state index in [4.69, 9.17) is 16.9 Å². The predicted octanol–water partition coefficient (Wildman–Crippen LogP) is 2.88. The summed E-state index contributed by atoms with van der Waals surface area (Å²) in [5, 5.41) is 12.8. The monoisotopic (exact) mass is 337 g/mol.